The van der Waals surface area contributed by atoms with E-state index in [1.807, 2.05) is 25.2 Å². The van der Waals surface area contributed by atoms with Crippen LogP contribution in [0.2, 0.25) is 5.02 Å². The second-order valence-corrected chi connectivity index (χ2v) is 8.52. The molecule has 1 aromatic heterocycles. The van der Waals surface area contributed by atoms with Gasteiger partial charge in [-0.2, -0.15) is 0 Å². The third-order valence-electron chi connectivity index (χ3n) is 6.14. The molecule has 0 spiro atoms. The van der Waals surface area contributed by atoms with Gasteiger partial charge in [0.1, 0.15) is 11.6 Å². The third kappa shape index (κ3) is 3.53. The van der Waals surface area contributed by atoms with Gasteiger partial charge in [0.05, 0.1) is 11.3 Å². The number of hydrogen-bond donors (Lipinski definition) is 1. The van der Waals surface area contributed by atoms with Crippen molar-refractivity contribution in [1.82, 2.24) is 9.47 Å². The largest absolute Gasteiger partial charge is 0.481 e. The van der Waals surface area contributed by atoms with Gasteiger partial charge in [-0.3, -0.25) is 9.59 Å². The first-order chi connectivity index (χ1) is 14.9. The van der Waals surface area contributed by atoms with E-state index in [4.69, 9.17) is 16.3 Å². The molecule has 1 N–H and O–H groups in total. The molecule has 1 fully saturated rings. The fourth-order valence-electron chi connectivity index (χ4n) is 4.54. The van der Waals surface area contributed by atoms with Gasteiger partial charge in [0.2, 0.25) is 0 Å². The summed E-state index contributed by atoms with van der Waals surface area (Å²) < 4.78 is 21.9. The number of nitrogens with zero attached hydrogens (tertiary/aromatic N) is 2. The molecule has 5 rings (SSSR count). The molecule has 3 heterocycles. The summed E-state index contributed by atoms with van der Waals surface area (Å²) in [4.78, 5) is 26.2. The molecule has 31 heavy (non-hydrogen) atoms. The number of anilines is 1. The Balaban J connectivity index is 1.34. The van der Waals surface area contributed by atoms with Crippen molar-refractivity contribution in [3.05, 3.63) is 58.5 Å². The minimum Gasteiger partial charge on any atom is -0.481 e. The van der Waals surface area contributed by atoms with Gasteiger partial charge in [-0.05, 0) is 42.5 Å². The van der Waals surface area contributed by atoms with Gasteiger partial charge in [-0.15, -0.1) is 0 Å². The maximum Gasteiger partial charge on any atom is 0.262 e. The zero-order valence-corrected chi connectivity index (χ0v) is 17.7. The van der Waals surface area contributed by atoms with Crippen LogP contribution in [-0.2, 0) is 11.8 Å². The average Bonchev–Trinajstić information content (AvgIpc) is 3.09. The molecule has 2 amide bonds. The lowest BCUT2D eigenvalue weighted by molar-refractivity contribution is -0.118. The highest BCUT2D eigenvalue weighted by atomic mass is 35.5. The van der Waals surface area contributed by atoms with E-state index < -0.39 is 5.82 Å². The molecule has 2 aromatic carbocycles. The van der Waals surface area contributed by atoms with Crippen molar-refractivity contribution in [3.63, 3.8) is 0 Å². The monoisotopic (exact) mass is 441 g/mol. The quantitative estimate of drug-likeness (QED) is 0.644. The summed E-state index contributed by atoms with van der Waals surface area (Å²) in [6.45, 7) is 0.910. The second-order valence-electron chi connectivity index (χ2n) is 8.09. The Labute approximate surface area is 183 Å². The first-order valence-electron chi connectivity index (χ1n) is 10.2. The zero-order valence-electron chi connectivity index (χ0n) is 17.0. The lowest BCUT2D eigenvalue weighted by Gasteiger charge is -2.32. The number of fused-ring (bicyclic) bond motifs is 2. The molecule has 0 bridgehead atoms. The summed E-state index contributed by atoms with van der Waals surface area (Å²) in [5.41, 5.74) is 2.61. The van der Waals surface area contributed by atoms with E-state index in [0.717, 1.165) is 24.4 Å². The van der Waals surface area contributed by atoms with Crippen molar-refractivity contribution in [1.29, 1.82) is 0 Å². The van der Waals surface area contributed by atoms with E-state index in [9.17, 15) is 14.0 Å². The van der Waals surface area contributed by atoms with Crippen LogP contribution in [0, 0.1) is 5.82 Å². The SMILES string of the molecule is Cn1cc(C2CCN(C(=O)c3cc4c(cc3F)OCC(=O)N4)CC2)c2ccc(Cl)cc21. The molecule has 0 aliphatic carbocycles. The van der Waals surface area contributed by atoms with Crippen LogP contribution >= 0.6 is 11.6 Å². The van der Waals surface area contributed by atoms with Gasteiger partial charge in [-0.25, -0.2) is 4.39 Å². The standard InChI is InChI=1S/C23H21ClFN3O3/c1-27-11-17(15-3-2-14(24)8-20(15)27)13-4-6-28(7-5-13)23(30)16-9-19-21(10-18(16)25)31-12-22(29)26-19/h2-3,8-11,13H,4-7,12H2,1H3,(H,26,29). The summed E-state index contributed by atoms with van der Waals surface area (Å²) in [5.74, 6) is -0.788. The highest BCUT2D eigenvalue weighted by Crippen LogP contribution is 2.36. The number of amides is 2. The van der Waals surface area contributed by atoms with Crippen LogP contribution < -0.4 is 10.1 Å². The molecule has 160 valence electrons. The van der Waals surface area contributed by atoms with Crippen molar-refractivity contribution >= 4 is 40.0 Å². The summed E-state index contributed by atoms with van der Waals surface area (Å²) in [5, 5.41) is 4.50. The number of likely N-dealkylation sites (tertiary alicyclic amines) is 1. The number of carbonyl (C=O) groups is 2. The molecule has 2 aliphatic rings. The molecule has 6 nitrogen and oxygen atoms in total. The van der Waals surface area contributed by atoms with Crippen LogP contribution in [0.3, 0.4) is 0 Å². The van der Waals surface area contributed by atoms with E-state index in [1.165, 1.54) is 17.0 Å². The van der Waals surface area contributed by atoms with Crippen LogP contribution in [0.15, 0.2) is 36.5 Å². The Bertz CT molecular complexity index is 1210. The van der Waals surface area contributed by atoms with Crippen molar-refractivity contribution in [2.75, 3.05) is 25.0 Å². The van der Waals surface area contributed by atoms with Crippen LogP contribution in [-0.4, -0.2) is 41.0 Å². The molecule has 1 saturated heterocycles. The molecular formula is C23H21ClFN3O3. The topological polar surface area (TPSA) is 63.6 Å². The molecule has 0 unspecified atom stereocenters. The van der Waals surface area contributed by atoms with Crippen molar-refractivity contribution in [2.24, 2.45) is 7.05 Å². The number of carbonyl (C=O) groups excluding carboxylic acids is 2. The Kier molecular flexibility index (Phi) is 4.85. The van der Waals surface area contributed by atoms with E-state index in [2.05, 4.69) is 16.1 Å². The predicted molar refractivity (Wildman–Crippen MR) is 116 cm³/mol. The summed E-state index contributed by atoms with van der Waals surface area (Å²) in [7, 11) is 2.00. The Morgan fingerprint density at radius 2 is 2.00 bits per heavy atom. The normalized spacial score (nSPS) is 16.7. The zero-order chi connectivity index (χ0) is 21.7. The highest BCUT2D eigenvalue weighted by molar-refractivity contribution is 6.31. The second kappa shape index (κ2) is 7.57. The average molecular weight is 442 g/mol. The van der Waals surface area contributed by atoms with Crippen LogP contribution in [0.1, 0.15) is 34.7 Å². The number of ether oxygens (including phenoxy) is 1. The molecule has 0 radical (unpaired) electrons. The van der Waals surface area contributed by atoms with Gasteiger partial charge in [0.25, 0.3) is 11.8 Å². The number of piperidine rings is 1. The smallest absolute Gasteiger partial charge is 0.262 e. The number of nitrogens with one attached hydrogen (secondary N) is 1. The maximum atomic E-state index is 14.6. The van der Waals surface area contributed by atoms with Crippen molar-refractivity contribution < 1.29 is 18.7 Å². The van der Waals surface area contributed by atoms with E-state index in [1.54, 1.807) is 4.90 Å². The summed E-state index contributed by atoms with van der Waals surface area (Å²) in [6.07, 6.45) is 3.72. The van der Waals surface area contributed by atoms with Crippen molar-refractivity contribution in [3.8, 4) is 5.75 Å². The molecular weight excluding hydrogens is 421 g/mol. The first-order valence-corrected chi connectivity index (χ1v) is 10.6. The van der Waals surface area contributed by atoms with Crippen LogP contribution in [0.25, 0.3) is 10.9 Å². The van der Waals surface area contributed by atoms with Crippen LogP contribution in [0.5, 0.6) is 5.75 Å². The number of benzene rings is 2. The van der Waals surface area contributed by atoms with Gasteiger partial charge >= 0.3 is 0 Å². The number of hydrogen-bond acceptors (Lipinski definition) is 3. The molecule has 0 atom stereocenters. The minimum atomic E-state index is -0.645. The maximum absolute atomic E-state index is 14.6. The summed E-state index contributed by atoms with van der Waals surface area (Å²) >= 11 is 6.14. The van der Waals surface area contributed by atoms with Gasteiger partial charge in [0.15, 0.2) is 6.61 Å². The van der Waals surface area contributed by atoms with Gasteiger partial charge < -0.3 is 19.5 Å². The highest BCUT2D eigenvalue weighted by Gasteiger charge is 2.29. The molecule has 2 aliphatic heterocycles. The summed E-state index contributed by atoms with van der Waals surface area (Å²) in [6, 6.07) is 8.43. The Morgan fingerprint density at radius 3 is 2.77 bits per heavy atom. The third-order valence-corrected chi connectivity index (χ3v) is 6.37. The number of aryl methyl sites for hydroxylation is 1. The van der Waals surface area contributed by atoms with E-state index in [-0.39, 0.29) is 29.7 Å². The van der Waals surface area contributed by atoms with Crippen LogP contribution in [0.4, 0.5) is 10.1 Å². The van der Waals surface area contributed by atoms with E-state index >= 15 is 0 Å². The molecule has 3 aromatic rings. The van der Waals surface area contributed by atoms with Crippen molar-refractivity contribution in [2.45, 2.75) is 18.8 Å². The minimum absolute atomic E-state index is 0.0530. The fourth-order valence-corrected chi connectivity index (χ4v) is 4.71. The van der Waals surface area contributed by atoms with Gasteiger partial charge in [0, 0.05) is 48.3 Å². The number of aromatic nitrogens is 1. The number of halogens is 2. The lowest BCUT2D eigenvalue weighted by Crippen LogP contribution is -2.38. The van der Waals surface area contributed by atoms with Gasteiger partial charge in [-0.1, -0.05) is 17.7 Å². The van der Waals surface area contributed by atoms with E-state index in [0.29, 0.717) is 29.7 Å². The Hall–Kier alpha value is -3.06. The predicted octanol–water partition coefficient (Wildman–Crippen LogP) is 4.32. The fraction of sp³-hybridized carbons (Fsp3) is 0.304. The molecule has 0 saturated carbocycles. The number of rotatable bonds is 2. The first kappa shape index (κ1) is 19.9. The Morgan fingerprint density at radius 1 is 1.23 bits per heavy atom. The lowest BCUT2D eigenvalue weighted by atomic mass is 9.89. The molecule has 8 heteroatoms.